The first-order valence-electron chi connectivity index (χ1n) is 5.69. The van der Waals surface area contributed by atoms with Crippen LogP contribution in [-0.4, -0.2) is 14.2 Å². The van der Waals surface area contributed by atoms with Crippen LogP contribution in [0.25, 0.3) is 0 Å². The molecule has 106 valence electrons. The van der Waals surface area contributed by atoms with Gasteiger partial charge in [0.2, 0.25) is 0 Å². The molecule has 0 aliphatic rings. The molecular weight excluding hydrogens is 329 g/mol. The maximum atomic E-state index is 13.8. The van der Waals surface area contributed by atoms with Gasteiger partial charge in [0.1, 0.15) is 17.2 Å². The van der Waals surface area contributed by atoms with E-state index in [1.807, 2.05) is 0 Å². The van der Waals surface area contributed by atoms with E-state index in [0.717, 1.165) is 6.07 Å². The Hall–Kier alpha value is -1.95. The van der Waals surface area contributed by atoms with Crippen LogP contribution in [0.4, 0.5) is 10.1 Å². The molecule has 0 bridgehead atoms. The third kappa shape index (κ3) is 2.96. The molecule has 0 atom stereocenters. The molecule has 2 aromatic carbocycles. The number of halogens is 2. The molecule has 0 unspecified atom stereocenters. The first kappa shape index (κ1) is 14.5. The lowest BCUT2D eigenvalue weighted by Crippen LogP contribution is -1.96. The first-order chi connectivity index (χ1) is 9.55. The summed E-state index contributed by atoms with van der Waals surface area (Å²) < 4.78 is 30.1. The molecule has 2 aromatic rings. The van der Waals surface area contributed by atoms with Crippen molar-refractivity contribution in [3.8, 4) is 23.0 Å². The van der Waals surface area contributed by atoms with Gasteiger partial charge in [-0.25, -0.2) is 4.39 Å². The number of ether oxygens (including phenoxy) is 3. The number of hydrogen-bond acceptors (Lipinski definition) is 4. The van der Waals surface area contributed by atoms with E-state index < -0.39 is 5.82 Å². The van der Waals surface area contributed by atoms with Crippen molar-refractivity contribution in [2.24, 2.45) is 0 Å². The van der Waals surface area contributed by atoms with Gasteiger partial charge in [-0.2, -0.15) is 0 Å². The highest BCUT2D eigenvalue weighted by Gasteiger charge is 2.12. The molecule has 4 nitrogen and oxygen atoms in total. The summed E-state index contributed by atoms with van der Waals surface area (Å²) in [6, 6.07) is 7.67. The van der Waals surface area contributed by atoms with Crippen LogP contribution in [0.3, 0.4) is 0 Å². The third-order valence-corrected chi connectivity index (χ3v) is 3.26. The van der Waals surface area contributed by atoms with E-state index in [2.05, 4.69) is 15.9 Å². The highest BCUT2D eigenvalue weighted by Crippen LogP contribution is 2.36. The molecule has 0 spiro atoms. The van der Waals surface area contributed by atoms with Gasteiger partial charge in [-0.15, -0.1) is 0 Å². The van der Waals surface area contributed by atoms with Crippen molar-refractivity contribution in [3.05, 3.63) is 40.6 Å². The first-order valence-corrected chi connectivity index (χ1v) is 6.49. The van der Waals surface area contributed by atoms with Gasteiger partial charge in [-0.05, 0) is 34.1 Å². The van der Waals surface area contributed by atoms with Crippen molar-refractivity contribution in [1.29, 1.82) is 0 Å². The third-order valence-electron chi connectivity index (χ3n) is 2.64. The smallest absolute Gasteiger partial charge is 0.168 e. The largest absolute Gasteiger partial charge is 0.497 e. The number of benzene rings is 2. The summed E-state index contributed by atoms with van der Waals surface area (Å²) in [6.45, 7) is 0. The van der Waals surface area contributed by atoms with Crippen molar-refractivity contribution < 1.29 is 18.6 Å². The lowest BCUT2D eigenvalue weighted by Gasteiger charge is -2.12. The van der Waals surface area contributed by atoms with E-state index in [0.29, 0.717) is 21.7 Å². The van der Waals surface area contributed by atoms with Crippen molar-refractivity contribution in [1.82, 2.24) is 0 Å². The van der Waals surface area contributed by atoms with Gasteiger partial charge in [-0.1, -0.05) is 0 Å². The number of nitrogen functional groups attached to an aromatic ring is 1. The Labute approximate surface area is 124 Å². The molecule has 0 saturated heterocycles. The number of hydrogen-bond donors (Lipinski definition) is 1. The van der Waals surface area contributed by atoms with Crippen molar-refractivity contribution in [2.45, 2.75) is 0 Å². The average Bonchev–Trinajstić information content (AvgIpc) is 2.43. The molecule has 0 radical (unpaired) electrons. The van der Waals surface area contributed by atoms with Gasteiger partial charge in [-0.3, -0.25) is 0 Å². The molecule has 0 aromatic heterocycles. The maximum Gasteiger partial charge on any atom is 0.168 e. The van der Waals surface area contributed by atoms with E-state index >= 15 is 0 Å². The zero-order valence-corrected chi connectivity index (χ0v) is 12.5. The highest BCUT2D eigenvalue weighted by atomic mass is 79.9. The number of methoxy groups -OCH3 is 2. The van der Waals surface area contributed by atoms with Crippen LogP contribution in [-0.2, 0) is 0 Å². The van der Waals surface area contributed by atoms with E-state index in [4.69, 9.17) is 19.9 Å². The van der Waals surface area contributed by atoms with Crippen LogP contribution >= 0.6 is 15.9 Å². The summed E-state index contributed by atoms with van der Waals surface area (Å²) in [5.74, 6) is 0.940. The number of rotatable bonds is 4. The Morgan fingerprint density at radius 1 is 1.00 bits per heavy atom. The van der Waals surface area contributed by atoms with Crippen molar-refractivity contribution in [2.75, 3.05) is 20.0 Å². The van der Waals surface area contributed by atoms with Crippen LogP contribution in [0.5, 0.6) is 23.0 Å². The fourth-order valence-electron chi connectivity index (χ4n) is 1.61. The fourth-order valence-corrected chi connectivity index (χ4v) is 2.05. The zero-order chi connectivity index (χ0) is 14.7. The lowest BCUT2D eigenvalue weighted by molar-refractivity contribution is 0.400. The molecule has 0 aliphatic carbocycles. The second-order valence-corrected chi connectivity index (χ2v) is 4.78. The van der Waals surface area contributed by atoms with E-state index in [9.17, 15) is 4.39 Å². The Kier molecular flexibility index (Phi) is 4.34. The normalized spacial score (nSPS) is 10.2. The van der Waals surface area contributed by atoms with E-state index in [-0.39, 0.29) is 11.4 Å². The molecule has 0 saturated carbocycles. The monoisotopic (exact) mass is 341 g/mol. The van der Waals surface area contributed by atoms with Crippen LogP contribution < -0.4 is 19.9 Å². The minimum absolute atomic E-state index is 0.0296. The molecule has 0 heterocycles. The summed E-state index contributed by atoms with van der Waals surface area (Å²) >= 11 is 3.34. The second-order valence-electron chi connectivity index (χ2n) is 3.92. The minimum Gasteiger partial charge on any atom is -0.497 e. The molecule has 2 N–H and O–H groups in total. The summed E-state index contributed by atoms with van der Waals surface area (Å²) in [5, 5.41) is 0. The standard InChI is InChI=1S/C14H13BrFNO3/c1-18-8-3-4-12(9(15)5-8)20-13-7-14(19-2)11(17)6-10(13)16/h3-7H,17H2,1-2H3. The van der Waals surface area contributed by atoms with Crippen LogP contribution in [0, 0.1) is 5.82 Å². The van der Waals surface area contributed by atoms with Crippen LogP contribution in [0.2, 0.25) is 0 Å². The van der Waals surface area contributed by atoms with Crippen LogP contribution in [0.1, 0.15) is 0 Å². The summed E-state index contributed by atoms with van der Waals surface area (Å²) in [6.07, 6.45) is 0. The van der Waals surface area contributed by atoms with Gasteiger partial charge < -0.3 is 19.9 Å². The molecule has 0 aliphatic heterocycles. The highest BCUT2D eigenvalue weighted by molar-refractivity contribution is 9.10. The summed E-state index contributed by atoms with van der Waals surface area (Å²) in [7, 11) is 3.02. The Morgan fingerprint density at radius 2 is 1.75 bits per heavy atom. The van der Waals surface area contributed by atoms with Crippen molar-refractivity contribution >= 4 is 21.6 Å². The quantitative estimate of drug-likeness (QED) is 0.854. The van der Waals surface area contributed by atoms with Gasteiger partial charge in [0, 0.05) is 12.1 Å². The Balaban J connectivity index is 2.34. The molecule has 6 heteroatoms. The van der Waals surface area contributed by atoms with Crippen molar-refractivity contribution in [3.63, 3.8) is 0 Å². The zero-order valence-electron chi connectivity index (χ0n) is 10.9. The lowest BCUT2D eigenvalue weighted by atomic mass is 10.2. The number of anilines is 1. The fraction of sp³-hybridized carbons (Fsp3) is 0.143. The van der Waals surface area contributed by atoms with Gasteiger partial charge >= 0.3 is 0 Å². The molecule has 2 rings (SSSR count). The predicted octanol–water partition coefficient (Wildman–Crippen LogP) is 3.98. The summed E-state index contributed by atoms with van der Waals surface area (Å²) in [5.41, 5.74) is 5.83. The molecular formula is C14H13BrFNO3. The Morgan fingerprint density at radius 3 is 2.35 bits per heavy atom. The SMILES string of the molecule is COc1ccc(Oc2cc(OC)c(N)cc2F)c(Br)c1. The molecule has 0 amide bonds. The van der Waals surface area contributed by atoms with Gasteiger partial charge in [0.15, 0.2) is 11.6 Å². The minimum atomic E-state index is -0.564. The maximum absolute atomic E-state index is 13.8. The molecule has 0 fully saturated rings. The molecule has 20 heavy (non-hydrogen) atoms. The van der Waals surface area contributed by atoms with Gasteiger partial charge in [0.05, 0.1) is 24.4 Å². The average molecular weight is 342 g/mol. The van der Waals surface area contributed by atoms with E-state index in [1.165, 1.54) is 13.2 Å². The number of nitrogens with two attached hydrogens (primary N) is 1. The predicted molar refractivity (Wildman–Crippen MR) is 78.1 cm³/mol. The second kappa shape index (κ2) is 6.00. The van der Waals surface area contributed by atoms with Crippen LogP contribution in [0.15, 0.2) is 34.8 Å². The topological polar surface area (TPSA) is 53.7 Å². The van der Waals surface area contributed by atoms with E-state index in [1.54, 1.807) is 25.3 Å². The Bertz CT molecular complexity index is 634. The summed E-state index contributed by atoms with van der Waals surface area (Å²) in [4.78, 5) is 0. The van der Waals surface area contributed by atoms with Gasteiger partial charge in [0.25, 0.3) is 0 Å².